The lowest BCUT2D eigenvalue weighted by Crippen LogP contribution is -2.63. The van der Waals surface area contributed by atoms with Crippen LogP contribution in [0.4, 0.5) is 11.4 Å². The molecule has 2 saturated heterocycles. The second-order valence-corrected chi connectivity index (χ2v) is 16.8. The Morgan fingerprint density at radius 2 is 1.79 bits per heavy atom. The summed E-state index contributed by atoms with van der Waals surface area (Å²) >= 11 is 1.49. The van der Waals surface area contributed by atoms with Gasteiger partial charge in [0.1, 0.15) is 23.3 Å². The molecule has 1 unspecified atom stereocenters. The fourth-order valence-electron chi connectivity index (χ4n) is 10.2. The van der Waals surface area contributed by atoms with Gasteiger partial charge >= 0.3 is 5.97 Å². The van der Waals surface area contributed by atoms with Crippen molar-refractivity contribution in [3.63, 3.8) is 0 Å². The van der Waals surface area contributed by atoms with Crippen LogP contribution in [-0.4, -0.2) is 104 Å². The summed E-state index contributed by atoms with van der Waals surface area (Å²) in [5.41, 5.74) is -1.24. The summed E-state index contributed by atoms with van der Waals surface area (Å²) in [4.78, 5) is 59.4. The number of thioether (sulfide) groups is 1. The summed E-state index contributed by atoms with van der Waals surface area (Å²) in [6, 6.07) is -0.0359. The Morgan fingerprint density at radius 1 is 1.09 bits per heavy atom. The molecular weight excluding hydrogens is 616 g/mol. The molecule has 9 atom stereocenters. The van der Waals surface area contributed by atoms with Crippen LogP contribution in [-0.2, 0) is 14.3 Å². The summed E-state index contributed by atoms with van der Waals surface area (Å²) in [5, 5.41) is 15.1. The highest BCUT2D eigenvalue weighted by Gasteiger charge is 2.68. The lowest BCUT2D eigenvalue weighted by Gasteiger charge is -2.61. The molecule has 1 aromatic rings. The predicted molar refractivity (Wildman–Crippen MR) is 187 cm³/mol. The van der Waals surface area contributed by atoms with E-state index in [9.17, 15) is 24.3 Å². The zero-order valence-corrected chi connectivity index (χ0v) is 29.7. The Labute approximate surface area is 283 Å². The molecule has 0 spiro atoms. The summed E-state index contributed by atoms with van der Waals surface area (Å²) in [7, 11) is 2.06. The fourth-order valence-corrected chi connectivity index (χ4v) is 11.1. The maximum absolute atomic E-state index is 13.7. The highest BCUT2D eigenvalue weighted by atomic mass is 32.2. The van der Waals surface area contributed by atoms with Crippen LogP contribution in [0.5, 0.6) is 0 Å². The highest BCUT2D eigenvalue weighted by molar-refractivity contribution is 7.99. The molecule has 260 valence electrons. The van der Waals surface area contributed by atoms with Gasteiger partial charge in [0.25, 0.3) is 10.9 Å². The standard InChI is InChI=1S/C36H54N4O6S/c1-7-34(4)18-26(35(5)22(2)8-10-36(23(3)33(34)45)11-9-25(41)32(35)36)46-27(42)21-47-20-24-19-38(6)16-17-40(24)29-28(30(43)31(29)44)39-14-12-37-13-15-39/h7,22-24,26,32-33,37,45H,1,8-21H2,2-6H3/t22-,23+,24?,26-,32+,33+,34-,35+,36+/m1/s1. The number of aliphatic hydroxyl groups excluding tert-OH is 1. The average molecular weight is 671 g/mol. The van der Waals surface area contributed by atoms with Crippen molar-refractivity contribution in [3.8, 4) is 0 Å². The number of Topliss-reactive ketones (excluding diaryl/α,β-unsaturated/α-hetero) is 1. The van der Waals surface area contributed by atoms with Crippen molar-refractivity contribution in [2.75, 3.05) is 74.2 Å². The van der Waals surface area contributed by atoms with Gasteiger partial charge in [-0.25, -0.2) is 0 Å². The molecule has 5 fully saturated rings. The van der Waals surface area contributed by atoms with Crippen LogP contribution < -0.4 is 26.0 Å². The Morgan fingerprint density at radius 3 is 2.49 bits per heavy atom. The number of nitrogens with one attached hydrogen (secondary N) is 1. The first-order valence-corrected chi connectivity index (χ1v) is 18.8. The number of piperazine rings is 2. The van der Waals surface area contributed by atoms with Crippen LogP contribution >= 0.6 is 11.8 Å². The molecule has 2 heterocycles. The van der Waals surface area contributed by atoms with Crippen LogP contribution in [0.25, 0.3) is 0 Å². The van der Waals surface area contributed by atoms with E-state index in [-0.39, 0.29) is 46.7 Å². The number of esters is 1. The number of anilines is 2. The molecule has 0 radical (unpaired) electrons. The maximum atomic E-state index is 13.7. The lowest BCUT2D eigenvalue weighted by molar-refractivity contribution is -0.205. The Kier molecular flexibility index (Phi) is 9.52. The normalized spacial score (nSPS) is 39.7. The van der Waals surface area contributed by atoms with E-state index in [4.69, 9.17) is 4.74 Å². The quantitative estimate of drug-likeness (QED) is 0.241. The molecule has 47 heavy (non-hydrogen) atoms. The number of ether oxygens (including phenoxy) is 1. The van der Waals surface area contributed by atoms with E-state index >= 15 is 0 Å². The first-order valence-electron chi connectivity index (χ1n) is 17.6. The number of ketones is 1. The number of hydrogen-bond acceptors (Lipinski definition) is 11. The largest absolute Gasteiger partial charge is 0.461 e. The van der Waals surface area contributed by atoms with Gasteiger partial charge in [-0.05, 0) is 50.0 Å². The number of aliphatic hydroxyl groups is 1. The number of hydrogen-bond donors (Lipinski definition) is 2. The molecule has 1 aromatic carbocycles. The fraction of sp³-hybridized carbons (Fsp3) is 0.778. The summed E-state index contributed by atoms with van der Waals surface area (Å²) < 4.78 is 6.45. The van der Waals surface area contributed by atoms with Crippen LogP contribution in [0.3, 0.4) is 0 Å². The maximum Gasteiger partial charge on any atom is 0.316 e. The number of likely N-dealkylation sites (N-methyl/N-ethyl adjacent to an activating group) is 1. The molecule has 11 heteroatoms. The molecule has 2 aliphatic heterocycles. The van der Waals surface area contributed by atoms with Crippen molar-refractivity contribution < 1.29 is 19.4 Å². The van der Waals surface area contributed by atoms with Crippen molar-refractivity contribution in [2.24, 2.45) is 34.0 Å². The van der Waals surface area contributed by atoms with Gasteiger partial charge in [0.2, 0.25) is 0 Å². The average Bonchev–Trinajstić information content (AvgIpc) is 3.42. The van der Waals surface area contributed by atoms with E-state index in [0.29, 0.717) is 49.6 Å². The van der Waals surface area contributed by atoms with Gasteiger partial charge < -0.3 is 29.9 Å². The molecule has 2 bridgehead atoms. The van der Waals surface area contributed by atoms with E-state index < -0.39 is 33.9 Å². The third kappa shape index (κ3) is 5.61. The molecule has 6 rings (SSSR count). The Balaban J connectivity index is 1.19. The van der Waals surface area contributed by atoms with Gasteiger partial charge in [-0.3, -0.25) is 19.2 Å². The van der Waals surface area contributed by atoms with Crippen molar-refractivity contribution in [3.05, 3.63) is 33.1 Å². The van der Waals surface area contributed by atoms with Crippen molar-refractivity contribution >= 4 is 34.9 Å². The Hall–Kier alpha value is -2.21. The van der Waals surface area contributed by atoms with Gasteiger partial charge in [0, 0.05) is 74.7 Å². The van der Waals surface area contributed by atoms with E-state index in [0.717, 1.165) is 45.4 Å². The third-order valence-corrected chi connectivity index (χ3v) is 14.4. The van der Waals surface area contributed by atoms with Crippen LogP contribution in [0, 0.1) is 34.0 Å². The topological polar surface area (TPSA) is 119 Å². The first-order chi connectivity index (χ1) is 22.3. The van der Waals surface area contributed by atoms with Crippen molar-refractivity contribution in [1.82, 2.24) is 10.2 Å². The second-order valence-electron chi connectivity index (χ2n) is 15.8. The minimum atomic E-state index is -0.697. The third-order valence-electron chi connectivity index (χ3n) is 13.4. The van der Waals surface area contributed by atoms with Gasteiger partial charge in [-0.2, -0.15) is 0 Å². The number of nitrogens with zero attached hydrogens (tertiary/aromatic N) is 3. The monoisotopic (exact) mass is 670 g/mol. The number of carbonyl (C=O) groups is 2. The molecule has 0 aromatic heterocycles. The Bertz CT molecular complexity index is 1460. The van der Waals surface area contributed by atoms with Gasteiger partial charge in [0.15, 0.2) is 0 Å². The van der Waals surface area contributed by atoms with Crippen molar-refractivity contribution in [2.45, 2.75) is 78.0 Å². The molecule has 3 aliphatic carbocycles. The highest BCUT2D eigenvalue weighted by Crippen LogP contribution is 2.68. The zero-order valence-electron chi connectivity index (χ0n) is 28.9. The van der Waals surface area contributed by atoms with E-state index in [1.165, 1.54) is 11.8 Å². The predicted octanol–water partition coefficient (Wildman–Crippen LogP) is 2.45. The summed E-state index contributed by atoms with van der Waals surface area (Å²) in [6.07, 6.45) is 4.12. The van der Waals surface area contributed by atoms with E-state index in [2.05, 4.69) is 49.5 Å². The van der Waals surface area contributed by atoms with E-state index in [1.807, 2.05) is 17.9 Å². The molecular formula is C36H54N4O6S. The SMILES string of the molecule is C=C[C@]1(C)C[C@@H](OC(=O)CSCC2CN(C)CCN2c2c(N3CCNCC3)c(=O)c2=O)[C@]2(C)[C@H](C)CC[C@]3(CCC(=O)[C@H]32)[C@@H](C)[C@@H]1O. The molecule has 3 saturated carbocycles. The number of rotatable bonds is 8. The zero-order chi connectivity index (χ0) is 33.9. The minimum Gasteiger partial charge on any atom is -0.461 e. The summed E-state index contributed by atoms with van der Waals surface area (Å²) in [6.45, 7) is 17.7. The molecule has 5 aliphatic rings. The van der Waals surface area contributed by atoms with Crippen molar-refractivity contribution in [1.29, 1.82) is 0 Å². The molecule has 2 N–H and O–H groups in total. The van der Waals surface area contributed by atoms with E-state index in [1.54, 1.807) is 0 Å². The molecule has 0 amide bonds. The molecule has 10 nitrogen and oxygen atoms in total. The summed E-state index contributed by atoms with van der Waals surface area (Å²) in [5.74, 6) is 0.512. The van der Waals surface area contributed by atoms with Crippen LogP contribution in [0.2, 0.25) is 0 Å². The number of carbonyl (C=O) groups excluding carboxylic acids is 2. The minimum absolute atomic E-state index is 0.0359. The van der Waals surface area contributed by atoms with Crippen LogP contribution in [0.1, 0.15) is 59.8 Å². The first kappa shape index (κ1) is 34.6. The second kappa shape index (κ2) is 12.9. The van der Waals surface area contributed by atoms with Gasteiger partial charge in [0.05, 0.1) is 17.9 Å². The lowest BCUT2D eigenvalue weighted by atomic mass is 9.44. The van der Waals surface area contributed by atoms with Crippen LogP contribution in [0.15, 0.2) is 22.2 Å². The smallest absolute Gasteiger partial charge is 0.316 e. The van der Waals surface area contributed by atoms with Gasteiger partial charge in [-0.1, -0.05) is 33.8 Å². The van der Waals surface area contributed by atoms with Gasteiger partial charge in [-0.15, -0.1) is 18.3 Å².